The van der Waals surface area contributed by atoms with Crippen molar-refractivity contribution in [2.45, 2.75) is 44.2 Å². The fourth-order valence-corrected chi connectivity index (χ4v) is 3.71. The largest absolute Gasteiger partial charge is 0.329 e. The molecule has 0 spiro atoms. The molecule has 2 nitrogen and oxygen atoms in total. The van der Waals surface area contributed by atoms with E-state index in [2.05, 4.69) is 11.9 Å². The summed E-state index contributed by atoms with van der Waals surface area (Å²) in [6, 6.07) is 6.35. The van der Waals surface area contributed by atoms with Gasteiger partial charge in [-0.1, -0.05) is 48.5 Å². The molecule has 4 heteroatoms. The fraction of sp³-hybridized carbons (Fsp3) is 0.600. The highest BCUT2D eigenvalue weighted by Crippen LogP contribution is 2.35. The van der Waals surface area contributed by atoms with Crippen molar-refractivity contribution in [3.05, 3.63) is 33.8 Å². The fourth-order valence-electron chi connectivity index (χ4n) is 3.06. The number of halogens is 2. The van der Waals surface area contributed by atoms with Crippen LogP contribution < -0.4 is 5.73 Å². The van der Waals surface area contributed by atoms with Gasteiger partial charge in [-0.15, -0.1) is 0 Å². The van der Waals surface area contributed by atoms with E-state index >= 15 is 0 Å². The van der Waals surface area contributed by atoms with E-state index in [0.29, 0.717) is 22.6 Å². The average Bonchev–Trinajstić information content (AvgIpc) is 2.43. The lowest BCUT2D eigenvalue weighted by molar-refractivity contribution is 0.141. The molecule has 2 N–H and O–H groups in total. The van der Waals surface area contributed by atoms with Crippen LogP contribution in [0.3, 0.4) is 0 Å². The SMILES string of the molecule is CN(C1CCCCC1)C(CN)c1c(Cl)cccc1Cl. The molecule has 1 fully saturated rings. The summed E-state index contributed by atoms with van der Waals surface area (Å²) in [5.41, 5.74) is 6.96. The Bertz CT molecular complexity index is 396. The topological polar surface area (TPSA) is 29.3 Å². The first kappa shape index (κ1) is 15.1. The zero-order chi connectivity index (χ0) is 13.8. The van der Waals surface area contributed by atoms with Crippen molar-refractivity contribution in [2.75, 3.05) is 13.6 Å². The van der Waals surface area contributed by atoms with Gasteiger partial charge in [-0.2, -0.15) is 0 Å². The maximum absolute atomic E-state index is 6.32. The molecule has 1 aromatic carbocycles. The maximum atomic E-state index is 6.32. The van der Waals surface area contributed by atoms with Crippen LogP contribution in [0.4, 0.5) is 0 Å². The second-order valence-corrected chi connectivity index (χ2v) is 6.16. The minimum atomic E-state index is 0.101. The summed E-state index contributed by atoms with van der Waals surface area (Å²) in [5.74, 6) is 0. The van der Waals surface area contributed by atoms with Gasteiger partial charge in [0.15, 0.2) is 0 Å². The summed E-state index contributed by atoms with van der Waals surface area (Å²) < 4.78 is 0. The summed E-state index contributed by atoms with van der Waals surface area (Å²) in [6.07, 6.45) is 6.46. The van der Waals surface area contributed by atoms with Gasteiger partial charge in [0.1, 0.15) is 0 Å². The highest BCUT2D eigenvalue weighted by molar-refractivity contribution is 6.36. The van der Waals surface area contributed by atoms with Crippen molar-refractivity contribution in [2.24, 2.45) is 5.73 Å². The normalized spacial score (nSPS) is 18.8. The van der Waals surface area contributed by atoms with Crippen molar-refractivity contribution in [3.8, 4) is 0 Å². The molecule has 1 saturated carbocycles. The molecule has 2 rings (SSSR count). The van der Waals surface area contributed by atoms with E-state index in [-0.39, 0.29) is 6.04 Å². The Morgan fingerprint density at radius 1 is 1.21 bits per heavy atom. The van der Waals surface area contributed by atoms with Gasteiger partial charge in [-0.3, -0.25) is 4.90 Å². The van der Waals surface area contributed by atoms with Crippen LogP contribution in [0, 0.1) is 0 Å². The van der Waals surface area contributed by atoms with E-state index in [1.807, 2.05) is 18.2 Å². The van der Waals surface area contributed by atoms with Crippen LogP contribution in [0.25, 0.3) is 0 Å². The molecule has 1 aromatic rings. The Morgan fingerprint density at radius 2 is 1.79 bits per heavy atom. The Balaban J connectivity index is 2.23. The van der Waals surface area contributed by atoms with Gasteiger partial charge in [0.2, 0.25) is 0 Å². The summed E-state index contributed by atoms with van der Waals surface area (Å²) in [6.45, 7) is 0.538. The summed E-state index contributed by atoms with van der Waals surface area (Å²) in [5, 5.41) is 1.43. The van der Waals surface area contributed by atoms with Crippen molar-refractivity contribution in [1.29, 1.82) is 0 Å². The Morgan fingerprint density at radius 3 is 2.32 bits per heavy atom. The van der Waals surface area contributed by atoms with Crippen molar-refractivity contribution >= 4 is 23.2 Å². The van der Waals surface area contributed by atoms with Crippen LogP contribution in [-0.4, -0.2) is 24.5 Å². The molecule has 106 valence electrons. The zero-order valence-corrected chi connectivity index (χ0v) is 12.9. The van der Waals surface area contributed by atoms with Gasteiger partial charge in [0, 0.05) is 34.2 Å². The maximum Gasteiger partial charge on any atom is 0.0499 e. The first-order valence-electron chi connectivity index (χ1n) is 7.01. The second kappa shape index (κ2) is 6.94. The molecule has 0 saturated heterocycles. The predicted octanol–water partition coefficient (Wildman–Crippen LogP) is 4.26. The first-order chi connectivity index (χ1) is 9.15. The Hall–Kier alpha value is -0.280. The van der Waals surface area contributed by atoms with Crippen LogP contribution >= 0.6 is 23.2 Å². The number of likely N-dealkylation sites (N-methyl/N-ethyl adjacent to an activating group) is 1. The van der Waals surface area contributed by atoms with Crippen molar-refractivity contribution < 1.29 is 0 Å². The number of hydrogen-bond acceptors (Lipinski definition) is 2. The molecule has 0 heterocycles. The van der Waals surface area contributed by atoms with Crippen LogP contribution in [0.2, 0.25) is 10.0 Å². The van der Waals surface area contributed by atoms with E-state index in [1.165, 1.54) is 32.1 Å². The number of hydrogen-bond donors (Lipinski definition) is 1. The van der Waals surface area contributed by atoms with Crippen LogP contribution in [-0.2, 0) is 0 Å². The number of nitrogens with two attached hydrogens (primary N) is 1. The Kier molecular flexibility index (Phi) is 5.52. The lowest BCUT2D eigenvalue weighted by Gasteiger charge is -2.37. The summed E-state index contributed by atoms with van der Waals surface area (Å²) in [4.78, 5) is 2.37. The van der Waals surface area contributed by atoms with Gasteiger partial charge in [-0.05, 0) is 32.0 Å². The zero-order valence-electron chi connectivity index (χ0n) is 11.4. The number of benzene rings is 1. The molecule has 0 bridgehead atoms. The molecule has 0 aliphatic heterocycles. The minimum Gasteiger partial charge on any atom is -0.329 e. The minimum absolute atomic E-state index is 0.101. The lowest BCUT2D eigenvalue weighted by atomic mass is 9.92. The van der Waals surface area contributed by atoms with E-state index in [4.69, 9.17) is 28.9 Å². The van der Waals surface area contributed by atoms with E-state index in [1.54, 1.807) is 0 Å². The summed E-state index contributed by atoms with van der Waals surface area (Å²) >= 11 is 12.6. The monoisotopic (exact) mass is 300 g/mol. The quantitative estimate of drug-likeness (QED) is 0.900. The highest BCUT2D eigenvalue weighted by Gasteiger charge is 2.27. The average molecular weight is 301 g/mol. The van der Waals surface area contributed by atoms with E-state index < -0.39 is 0 Å². The standard InChI is InChI=1S/C15H22Cl2N2/c1-19(11-6-3-2-4-7-11)14(10-18)15-12(16)8-5-9-13(15)17/h5,8-9,11,14H,2-4,6-7,10,18H2,1H3. The second-order valence-electron chi connectivity index (χ2n) is 5.34. The molecule has 1 unspecified atom stereocenters. The highest BCUT2D eigenvalue weighted by atomic mass is 35.5. The van der Waals surface area contributed by atoms with Crippen LogP contribution in [0.15, 0.2) is 18.2 Å². The molecule has 19 heavy (non-hydrogen) atoms. The van der Waals surface area contributed by atoms with Crippen molar-refractivity contribution in [1.82, 2.24) is 4.90 Å². The van der Waals surface area contributed by atoms with Gasteiger partial charge in [0.25, 0.3) is 0 Å². The number of nitrogens with zero attached hydrogens (tertiary/aromatic N) is 1. The third-order valence-electron chi connectivity index (χ3n) is 4.20. The summed E-state index contributed by atoms with van der Waals surface area (Å²) in [7, 11) is 2.15. The molecule has 0 amide bonds. The van der Waals surface area contributed by atoms with Crippen molar-refractivity contribution in [3.63, 3.8) is 0 Å². The third kappa shape index (κ3) is 3.43. The molecular formula is C15H22Cl2N2. The molecule has 1 atom stereocenters. The smallest absolute Gasteiger partial charge is 0.0499 e. The third-order valence-corrected chi connectivity index (χ3v) is 4.86. The van der Waals surface area contributed by atoms with E-state index in [0.717, 1.165) is 5.56 Å². The van der Waals surface area contributed by atoms with Crippen LogP contribution in [0.5, 0.6) is 0 Å². The Labute approximate surface area is 125 Å². The molecular weight excluding hydrogens is 279 g/mol. The first-order valence-corrected chi connectivity index (χ1v) is 7.76. The molecule has 0 aromatic heterocycles. The predicted molar refractivity (Wildman–Crippen MR) is 82.9 cm³/mol. The molecule has 1 aliphatic carbocycles. The lowest BCUT2D eigenvalue weighted by Crippen LogP contribution is -2.40. The van der Waals surface area contributed by atoms with Gasteiger partial charge in [0.05, 0.1) is 0 Å². The van der Waals surface area contributed by atoms with Crippen LogP contribution in [0.1, 0.15) is 43.7 Å². The number of rotatable bonds is 4. The van der Waals surface area contributed by atoms with E-state index in [9.17, 15) is 0 Å². The van der Waals surface area contributed by atoms with Gasteiger partial charge >= 0.3 is 0 Å². The molecule has 1 aliphatic rings. The van der Waals surface area contributed by atoms with Gasteiger partial charge < -0.3 is 5.73 Å². The molecule has 0 radical (unpaired) electrons. The van der Waals surface area contributed by atoms with Gasteiger partial charge in [-0.25, -0.2) is 0 Å².